The molecule has 4 aromatic rings. The van der Waals surface area contributed by atoms with Gasteiger partial charge in [0, 0.05) is 61.1 Å². The standard InChI is InChI=1S/C33H41N5O3/c1-4-36-17-19-37(20-18-36)29-9-5-8-26-27(29)22-38(33(26)39)28(24-11-15-30(40-2)31(21-24)41-3)14-13-25-12-10-23-7-6-16-34-32(23)35-25/h5,8-12,15,21-22,28,39H,4,6-7,13-14,16-20H2,1-3H3,(H,34,35)/t28-/m1/s1. The number of methoxy groups -OCH3 is 2. The van der Waals surface area contributed by atoms with Gasteiger partial charge in [-0.2, -0.15) is 0 Å². The van der Waals surface area contributed by atoms with Gasteiger partial charge in [0.15, 0.2) is 17.4 Å². The molecule has 0 aliphatic carbocycles. The van der Waals surface area contributed by atoms with E-state index in [2.05, 4.69) is 58.6 Å². The van der Waals surface area contributed by atoms with Crippen LogP contribution in [0.25, 0.3) is 10.8 Å². The van der Waals surface area contributed by atoms with Crippen molar-refractivity contribution in [1.29, 1.82) is 0 Å². The number of aromatic nitrogens is 2. The van der Waals surface area contributed by atoms with Gasteiger partial charge in [-0.3, -0.25) is 0 Å². The summed E-state index contributed by atoms with van der Waals surface area (Å²) in [4.78, 5) is 9.88. The zero-order chi connectivity index (χ0) is 28.3. The number of aromatic hydroxyl groups is 1. The van der Waals surface area contributed by atoms with Crippen molar-refractivity contribution in [2.75, 3.05) is 63.7 Å². The number of nitrogens with zero attached hydrogens (tertiary/aromatic N) is 4. The molecule has 0 bridgehead atoms. The number of fused-ring (bicyclic) bond motifs is 2. The highest BCUT2D eigenvalue weighted by molar-refractivity contribution is 5.98. The molecular weight excluding hydrogens is 514 g/mol. The smallest absolute Gasteiger partial charge is 0.199 e. The fraction of sp³-hybridized carbons (Fsp3) is 0.424. The first-order chi connectivity index (χ1) is 20.1. The molecule has 2 aliphatic rings. The number of pyridine rings is 1. The Morgan fingerprint density at radius 1 is 0.976 bits per heavy atom. The average molecular weight is 556 g/mol. The van der Waals surface area contributed by atoms with Crippen LogP contribution in [0.15, 0.2) is 54.7 Å². The van der Waals surface area contributed by atoms with E-state index in [4.69, 9.17) is 14.5 Å². The van der Waals surface area contributed by atoms with Crippen molar-refractivity contribution >= 4 is 22.3 Å². The van der Waals surface area contributed by atoms with Crippen molar-refractivity contribution in [3.05, 3.63) is 71.5 Å². The lowest BCUT2D eigenvalue weighted by molar-refractivity contribution is 0.271. The molecule has 0 unspecified atom stereocenters. The number of nitrogens with one attached hydrogen (secondary N) is 1. The van der Waals surface area contributed by atoms with Crippen LogP contribution < -0.4 is 19.7 Å². The minimum atomic E-state index is -0.127. The van der Waals surface area contributed by atoms with E-state index < -0.39 is 0 Å². The van der Waals surface area contributed by atoms with Crippen LogP contribution in [-0.2, 0) is 12.8 Å². The molecular formula is C33H41N5O3. The molecule has 1 atom stereocenters. The monoisotopic (exact) mass is 555 g/mol. The third-order valence-electron chi connectivity index (χ3n) is 8.75. The summed E-state index contributed by atoms with van der Waals surface area (Å²) in [5, 5.41) is 17.1. The fourth-order valence-electron chi connectivity index (χ4n) is 6.36. The number of anilines is 2. The Labute approximate surface area is 242 Å². The molecule has 2 aromatic carbocycles. The van der Waals surface area contributed by atoms with E-state index in [1.54, 1.807) is 14.2 Å². The van der Waals surface area contributed by atoms with Crippen molar-refractivity contribution in [2.45, 2.75) is 38.6 Å². The lowest BCUT2D eigenvalue weighted by Crippen LogP contribution is -2.46. The summed E-state index contributed by atoms with van der Waals surface area (Å²) in [5.41, 5.74) is 4.57. The second kappa shape index (κ2) is 11.9. The number of rotatable bonds is 9. The highest BCUT2D eigenvalue weighted by Gasteiger charge is 2.24. The predicted octanol–water partition coefficient (Wildman–Crippen LogP) is 5.48. The van der Waals surface area contributed by atoms with Crippen molar-refractivity contribution in [2.24, 2.45) is 0 Å². The van der Waals surface area contributed by atoms with E-state index in [0.29, 0.717) is 11.5 Å². The van der Waals surface area contributed by atoms with Gasteiger partial charge in [0.05, 0.1) is 20.3 Å². The van der Waals surface area contributed by atoms with E-state index in [1.165, 1.54) is 11.3 Å². The Balaban J connectivity index is 1.37. The molecule has 0 radical (unpaired) electrons. The van der Waals surface area contributed by atoms with Crippen molar-refractivity contribution < 1.29 is 14.6 Å². The van der Waals surface area contributed by atoms with Gasteiger partial charge in [-0.25, -0.2) is 4.98 Å². The fourth-order valence-corrected chi connectivity index (χ4v) is 6.36. The van der Waals surface area contributed by atoms with Gasteiger partial charge in [-0.15, -0.1) is 0 Å². The van der Waals surface area contributed by atoms with E-state index in [1.807, 2.05) is 22.8 Å². The maximum atomic E-state index is 11.7. The van der Waals surface area contributed by atoms with Crippen molar-refractivity contribution in [3.8, 4) is 17.4 Å². The van der Waals surface area contributed by atoms with Gasteiger partial charge in [0.2, 0.25) is 0 Å². The molecule has 0 saturated carbocycles. The summed E-state index contributed by atoms with van der Waals surface area (Å²) in [5.74, 6) is 2.66. The maximum Gasteiger partial charge on any atom is 0.199 e. The number of hydrogen-bond donors (Lipinski definition) is 2. The molecule has 4 heterocycles. The summed E-state index contributed by atoms with van der Waals surface area (Å²) >= 11 is 0. The Bertz CT molecular complexity index is 1510. The van der Waals surface area contributed by atoms with Crippen LogP contribution in [-0.4, -0.2) is 73.0 Å². The van der Waals surface area contributed by atoms with Crippen LogP contribution in [0.2, 0.25) is 0 Å². The summed E-state index contributed by atoms with van der Waals surface area (Å²) < 4.78 is 13.2. The summed E-state index contributed by atoms with van der Waals surface area (Å²) in [7, 11) is 3.31. The van der Waals surface area contributed by atoms with Gasteiger partial charge in [-0.05, 0) is 73.7 Å². The number of piperazine rings is 1. The highest BCUT2D eigenvalue weighted by Crippen LogP contribution is 2.41. The van der Waals surface area contributed by atoms with Crippen LogP contribution in [0.3, 0.4) is 0 Å². The summed E-state index contributed by atoms with van der Waals surface area (Å²) in [6.07, 6.45) is 5.89. The minimum absolute atomic E-state index is 0.127. The van der Waals surface area contributed by atoms with Crippen LogP contribution in [0.5, 0.6) is 17.4 Å². The second-order valence-corrected chi connectivity index (χ2v) is 11.0. The maximum absolute atomic E-state index is 11.7. The zero-order valence-electron chi connectivity index (χ0n) is 24.4. The highest BCUT2D eigenvalue weighted by atomic mass is 16.5. The number of ether oxygens (including phenoxy) is 2. The molecule has 6 rings (SSSR count). The third kappa shape index (κ3) is 5.40. The molecule has 1 saturated heterocycles. The molecule has 8 heteroatoms. The largest absolute Gasteiger partial charge is 0.494 e. The van der Waals surface area contributed by atoms with Gasteiger partial charge < -0.3 is 34.3 Å². The summed E-state index contributed by atoms with van der Waals surface area (Å²) in [6.45, 7) is 8.34. The molecule has 2 aliphatic heterocycles. The lowest BCUT2D eigenvalue weighted by Gasteiger charge is -2.35. The Hall–Kier alpha value is -3.91. The number of hydrogen-bond acceptors (Lipinski definition) is 7. The van der Waals surface area contributed by atoms with Crippen LogP contribution in [0.1, 0.15) is 42.6 Å². The first-order valence-electron chi connectivity index (χ1n) is 14.8. The van der Waals surface area contributed by atoms with Crippen molar-refractivity contribution in [1.82, 2.24) is 14.5 Å². The molecule has 8 nitrogen and oxygen atoms in total. The number of likely N-dealkylation sites (N-methyl/N-ethyl adjacent to an activating group) is 1. The Kier molecular flexibility index (Phi) is 7.92. The van der Waals surface area contributed by atoms with Gasteiger partial charge in [0.25, 0.3) is 0 Å². The first kappa shape index (κ1) is 27.3. The molecule has 216 valence electrons. The SMILES string of the molecule is CCN1CCN(c2cccc3c(O)n([C@H](CCc4ccc5c(n4)NCCC5)c4ccc(OC)c(OC)c4)cc23)CC1. The Morgan fingerprint density at radius 3 is 2.59 bits per heavy atom. The number of benzene rings is 2. The van der Waals surface area contributed by atoms with E-state index >= 15 is 0 Å². The quantitative estimate of drug-likeness (QED) is 0.283. The van der Waals surface area contributed by atoms with E-state index in [-0.39, 0.29) is 11.9 Å². The van der Waals surface area contributed by atoms with Gasteiger partial charge >= 0.3 is 0 Å². The predicted molar refractivity (Wildman–Crippen MR) is 165 cm³/mol. The van der Waals surface area contributed by atoms with E-state index in [0.717, 1.165) is 92.8 Å². The van der Waals surface area contributed by atoms with E-state index in [9.17, 15) is 5.11 Å². The lowest BCUT2D eigenvalue weighted by atomic mass is 9.99. The molecule has 0 amide bonds. The Morgan fingerprint density at radius 2 is 1.80 bits per heavy atom. The van der Waals surface area contributed by atoms with Crippen LogP contribution >= 0.6 is 0 Å². The third-order valence-corrected chi connectivity index (χ3v) is 8.75. The van der Waals surface area contributed by atoms with Crippen molar-refractivity contribution in [3.63, 3.8) is 0 Å². The summed E-state index contributed by atoms with van der Waals surface area (Å²) in [6, 6.07) is 16.5. The topological polar surface area (TPSA) is 75.0 Å². The van der Waals surface area contributed by atoms with Gasteiger partial charge in [0.1, 0.15) is 5.82 Å². The second-order valence-electron chi connectivity index (χ2n) is 11.0. The molecule has 0 spiro atoms. The number of aryl methyl sites for hydroxylation is 2. The first-order valence-corrected chi connectivity index (χ1v) is 14.8. The van der Waals surface area contributed by atoms with Crippen LogP contribution in [0.4, 0.5) is 11.5 Å². The van der Waals surface area contributed by atoms with Crippen LogP contribution in [0, 0.1) is 0 Å². The zero-order valence-corrected chi connectivity index (χ0v) is 24.4. The molecule has 2 aromatic heterocycles. The minimum Gasteiger partial charge on any atom is -0.494 e. The van der Waals surface area contributed by atoms with Gasteiger partial charge in [-0.1, -0.05) is 25.1 Å². The molecule has 1 fully saturated rings. The normalized spacial score (nSPS) is 16.3. The molecule has 2 N–H and O–H groups in total. The molecule has 41 heavy (non-hydrogen) atoms. The average Bonchev–Trinajstić information content (AvgIpc) is 3.37.